The van der Waals surface area contributed by atoms with Crippen molar-refractivity contribution >= 4 is 21.6 Å². The number of sulfonamides is 1. The van der Waals surface area contributed by atoms with Crippen LogP contribution in [0.1, 0.15) is 29.8 Å². The van der Waals surface area contributed by atoms with Gasteiger partial charge in [-0.3, -0.25) is 4.79 Å². The van der Waals surface area contributed by atoms with Crippen LogP contribution in [0.4, 0.5) is 5.69 Å². The van der Waals surface area contributed by atoms with Crippen molar-refractivity contribution in [3.8, 4) is 11.8 Å². The largest absolute Gasteiger partial charge is 0.495 e. The predicted octanol–water partition coefficient (Wildman–Crippen LogP) is 2.51. The molecule has 0 radical (unpaired) electrons. The zero-order chi connectivity index (χ0) is 19.3. The lowest BCUT2D eigenvalue weighted by molar-refractivity contribution is 0.102. The van der Waals surface area contributed by atoms with E-state index in [-0.39, 0.29) is 22.3 Å². The van der Waals surface area contributed by atoms with E-state index in [1.54, 1.807) is 32.0 Å². The van der Waals surface area contributed by atoms with Gasteiger partial charge in [-0.15, -0.1) is 0 Å². The lowest BCUT2D eigenvalue weighted by atomic mass is 10.2. The van der Waals surface area contributed by atoms with Gasteiger partial charge in [0.2, 0.25) is 10.0 Å². The summed E-state index contributed by atoms with van der Waals surface area (Å²) in [7, 11) is -2.48. The van der Waals surface area contributed by atoms with Crippen LogP contribution in [-0.4, -0.2) is 27.5 Å². The van der Waals surface area contributed by atoms with Crippen LogP contribution in [0, 0.1) is 11.3 Å². The minimum Gasteiger partial charge on any atom is -0.495 e. The summed E-state index contributed by atoms with van der Waals surface area (Å²) in [4.78, 5) is 12.3. The number of rotatable bonds is 6. The fraction of sp³-hybridized carbons (Fsp3) is 0.222. The van der Waals surface area contributed by atoms with Crippen LogP contribution >= 0.6 is 0 Å². The average molecular weight is 373 g/mol. The fourth-order valence-corrected chi connectivity index (χ4v) is 3.72. The number of amides is 1. The van der Waals surface area contributed by atoms with Gasteiger partial charge >= 0.3 is 0 Å². The molecule has 26 heavy (non-hydrogen) atoms. The van der Waals surface area contributed by atoms with E-state index in [4.69, 9.17) is 10.00 Å². The monoisotopic (exact) mass is 373 g/mol. The van der Waals surface area contributed by atoms with Gasteiger partial charge in [0.15, 0.2) is 0 Å². The Labute approximate surface area is 152 Å². The summed E-state index contributed by atoms with van der Waals surface area (Å²) >= 11 is 0. The lowest BCUT2D eigenvalue weighted by Gasteiger charge is -2.14. The minimum atomic E-state index is -3.84. The first-order valence-electron chi connectivity index (χ1n) is 7.78. The molecule has 0 aromatic heterocycles. The van der Waals surface area contributed by atoms with Gasteiger partial charge in [-0.05, 0) is 50.2 Å². The second kappa shape index (κ2) is 7.99. The number of anilines is 1. The Hall–Kier alpha value is -2.89. The molecule has 0 aliphatic rings. The molecule has 0 saturated heterocycles. The van der Waals surface area contributed by atoms with Gasteiger partial charge < -0.3 is 10.1 Å². The Bertz CT molecular complexity index is 963. The van der Waals surface area contributed by atoms with Crippen molar-refractivity contribution < 1.29 is 17.9 Å². The molecule has 2 aromatic carbocycles. The highest BCUT2D eigenvalue weighted by atomic mass is 32.2. The van der Waals surface area contributed by atoms with Crippen LogP contribution in [0.25, 0.3) is 0 Å². The third kappa shape index (κ3) is 4.59. The molecule has 1 amide bonds. The lowest BCUT2D eigenvalue weighted by Crippen LogP contribution is -2.30. The summed E-state index contributed by atoms with van der Waals surface area (Å²) in [5.74, 6) is -0.357. The molecular formula is C18H19N3O4S. The highest BCUT2D eigenvalue weighted by Gasteiger charge is 2.22. The minimum absolute atomic E-state index is 0.118. The molecule has 2 N–H and O–H groups in total. The smallest absolute Gasteiger partial charge is 0.255 e. The van der Waals surface area contributed by atoms with Gasteiger partial charge in [0.25, 0.3) is 5.91 Å². The van der Waals surface area contributed by atoms with Crippen molar-refractivity contribution in [2.75, 3.05) is 12.4 Å². The number of nitrogens with one attached hydrogen (secondary N) is 2. The number of hydrogen-bond acceptors (Lipinski definition) is 5. The van der Waals surface area contributed by atoms with Crippen molar-refractivity contribution in [1.82, 2.24) is 4.72 Å². The van der Waals surface area contributed by atoms with Gasteiger partial charge in [-0.25, -0.2) is 13.1 Å². The quantitative estimate of drug-likeness (QED) is 0.809. The summed E-state index contributed by atoms with van der Waals surface area (Å²) < 4.78 is 32.5. The average Bonchev–Trinajstić information content (AvgIpc) is 2.60. The summed E-state index contributed by atoms with van der Waals surface area (Å²) in [6.07, 6.45) is 0. The number of hydrogen-bond donors (Lipinski definition) is 2. The van der Waals surface area contributed by atoms with E-state index in [0.29, 0.717) is 11.3 Å². The summed E-state index contributed by atoms with van der Waals surface area (Å²) in [6.45, 7) is 3.39. The van der Waals surface area contributed by atoms with Gasteiger partial charge in [0.05, 0.1) is 18.7 Å². The number of ether oxygens (including phenoxy) is 1. The van der Waals surface area contributed by atoms with Crippen LogP contribution in [0.5, 0.6) is 5.75 Å². The van der Waals surface area contributed by atoms with Crippen molar-refractivity contribution in [3.63, 3.8) is 0 Å². The highest BCUT2D eigenvalue weighted by molar-refractivity contribution is 7.89. The molecule has 0 fully saturated rings. The maximum absolute atomic E-state index is 12.5. The normalized spacial score (nSPS) is 11.0. The van der Waals surface area contributed by atoms with Gasteiger partial charge in [-0.1, -0.05) is 6.07 Å². The molecular weight excluding hydrogens is 354 g/mol. The first-order chi connectivity index (χ1) is 12.3. The second-order valence-electron chi connectivity index (χ2n) is 5.79. The summed E-state index contributed by atoms with van der Waals surface area (Å²) in [5, 5.41) is 11.6. The van der Waals surface area contributed by atoms with Gasteiger partial charge in [-0.2, -0.15) is 5.26 Å². The Morgan fingerprint density at radius 1 is 1.19 bits per heavy atom. The molecule has 0 bridgehead atoms. The summed E-state index contributed by atoms with van der Waals surface area (Å²) in [6, 6.07) is 12.3. The number of carbonyl (C=O) groups is 1. The standard InChI is InChI=1S/C18H19N3O4S/c1-12(2)21-26(23,24)17-10-14(7-8-16(17)25-3)18(22)20-15-6-4-5-13(9-15)11-19/h4-10,12,21H,1-3H3,(H,20,22). The number of nitrogens with zero attached hydrogens (tertiary/aromatic N) is 1. The molecule has 8 heteroatoms. The first-order valence-corrected chi connectivity index (χ1v) is 9.27. The molecule has 0 aliphatic heterocycles. The molecule has 7 nitrogen and oxygen atoms in total. The Kier molecular flexibility index (Phi) is 5.97. The topological polar surface area (TPSA) is 108 Å². The van der Waals surface area contributed by atoms with E-state index >= 15 is 0 Å². The van der Waals surface area contributed by atoms with E-state index < -0.39 is 15.9 Å². The van der Waals surface area contributed by atoms with E-state index in [1.165, 1.54) is 31.4 Å². The molecule has 0 aliphatic carbocycles. The Morgan fingerprint density at radius 2 is 1.92 bits per heavy atom. The molecule has 0 atom stereocenters. The van der Waals surface area contributed by atoms with E-state index in [0.717, 1.165) is 0 Å². The number of benzene rings is 2. The van der Waals surface area contributed by atoms with Gasteiger partial charge in [0, 0.05) is 17.3 Å². The molecule has 2 aromatic rings. The predicted molar refractivity (Wildman–Crippen MR) is 97.6 cm³/mol. The molecule has 0 heterocycles. The van der Waals surface area contributed by atoms with Crippen LogP contribution in [0.15, 0.2) is 47.4 Å². The number of nitriles is 1. The fourth-order valence-electron chi connectivity index (χ4n) is 2.27. The van der Waals surface area contributed by atoms with E-state index in [2.05, 4.69) is 10.0 Å². The second-order valence-corrected chi connectivity index (χ2v) is 7.47. The van der Waals surface area contributed by atoms with Crippen molar-refractivity contribution in [2.24, 2.45) is 0 Å². The van der Waals surface area contributed by atoms with E-state index in [1.807, 2.05) is 6.07 Å². The van der Waals surface area contributed by atoms with Gasteiger partial charge in [0.1, 0.15) is 10.6 Å². The Morgan fingerprint density at radius 3 is 2.54 bits per heavy atom. The number of methoxy groups -OCH3 is 1. The van der Waals surface area contributed by atoms with Crippen LogP contribution in [0.2, 0.25) is 0 Å². The van der Waals surface area contributed by atoms with Crippen molar-refractivity contribution in [1.29, 1.82) is 5.26 Å². The molecule has 0 spiro atoms. The first kappa shape index (κ1) is 19.4. The Balaban J connectivity index is 2.37. The molecule has 136 valence electrons. The third-order valence-electron chi connectivity index (χ3n) is 3.36. The maximum atomic E-state index is 12.5. The van der Waals surface area contributed by atoms with Crippen LogP contribution in [-0.2, 0) is 10.0 Å². The SMILES string of the molecule is COc1ccc(C(=O)Nc2cccc(C#N)c2)cc1S(=O)(=O)NC(C)C. The molecule has 0 unspecified atom stereocenters. The van der Waals surface area contributed by atoms with Crippen LogP contribution < -0.4 is 14.8 Å². The van der Waals surface area contributed by atoms with Crippen LogP contribution in [0.3, 0.4) is 0 Å². The highest BCUT2D eigenvalue weighted by Crippen LogP contribution is 2.25. The molecule has 0 saturated carbocycles. The van der Waals surface area contributed by atoms with Crippen molar-refractivity contribution in [2.45, 2.75) is 24.8 Å². The molecule has 2 rings (SSSR count). The summed E-state index contributed by atoms with van der Waals surface area (Å²) in [5.41, 5.74) is 0.994. The van der Waals surface area contributed by atoms with E-state index in [9.17, 15) is 13.2 Å². The number of carbonyl (C=O) groups excluding carboxylic acids is 1. The third-order valence-corrected chi connectivity index (χ3v) is 5.04. The zero-order valence-electron chi connectivity index (χ0n) is 14.6. The zero-order valence-corrected chi connectivity index (χ0v) is 15.4. The maximum Gasteiger partial charge on any atom is 0.255 e. The van der Waals surface area contributed by atoms with Crippen molar-refractivity contribution in [3.05, 3.63) is 53.6 Å².